The molecule has 1 saturated carbocycles. The molecule has 1 aromatic heterocycles. The largest absolute Gasteiger partial charge is 0.404 e. The minimum absolute atomic E-state index is 0.0317. The minimum Gasteiger partial charge on any atom is -0.369 e. The van der Waals surface area contributed by atoms with E-state index in [2.05, 4.69) is 15.3 Å². The van der Waals surface area contributed by atoms with Gasteiger partial charge < -0.3 is 11.1 Å². The topological polar surface area (TPSA) is 84.1 Å². The first-order valence-electron chi connectivity index (χ1n) is 9.03. The van der Waals surface area contributed by atoms with E-state index >= 15 is 0 Å². The van der Waals surface area contributed by atoms with Crippen LogP contribution in [0, 0.1) is 5.92 Å². The van der Waals surface area contributed by atoms with Crippen LogP contribution in [-0.4, -0.2) is 46.6 Å². The number of amides is 1. The molecule has 0 spiro atoms. The molecule has 1 aliphatic carbocycles. The maximum absolute atomic E-state index is 13.9. The summed E-state index contributed by atoms with van der Waals surface area (Å²) in [6.45, 7) is -0.0317. The van der Waals surface area contributed by atoms with E-state index in [9.17, 15) is 18.0 Å². The third kappa shape index (κ3) is 3.85. The van der Waals surface area contributed by atoms with Crippen LogP contribution in [0.4, 0.5) is 19.1 Å². The molecule has 0 aromatic carbocycles. The van der Waals surface area contributed by atoms with Crippen molar-refractivity contribution in [2.75, 3.05) is 18.9 Å². The number of anilines is 1. The quantitative estimate of drug-likeness (QED) is 0.752. The summed E-state index contributed by atoms with van der Waals surface area (Å²) in [5.41, 5.74) is 4.95. The van der Waals surface area contributed by atoms with Gasteiger partial charge in [0.2, 0.25) is 11.9 Å². The van der Waals surface area contributed by atoms with E-state index in [-0.39, 0.29) is 30.5 Å². The number of halogens is 4. The number of likely N-dealkylation sites (tertiary alicyclic amines) is 1. The van der Waals surface area contributed by atoms with Gasteiger partial charge in [0.25, 0.3) is 0 Å². The summed E-state index contributed by atoms with van der Waals surface area (Å²) < 4.78 is 41.6. The van der Waals surface area contributed by atoms with Crippen LogP contribution in [0.25, 0.3) is 0 Å². The fourth-order valence-corrected chi connectivity index (χ4v) is 4.62. The zero-order chi connectivity index (χ0) is 19.8. The van der Waals surface area contributed by atoms with Crippen molar-refractivity contribution in [2.45, 2.75) is 56.3 Å². The van der Waals surface area contributed by atoms with Gasteiger partial charge in [0.15, 0.2) is 0 Å². The van der Waals surface area contributed by atoms with Gasteiger partial charge in [0.05, 0.1) is 17.2 Å². The van der Waals surface area contributed by atoms with Gasteiger partial charge in [-0.3, -0.25) is 9.69 Å². The highest BCUT2D eigenvalue weighted by Crippen LogP contribution is 2.49. The number of nitrogens with zero attached hydrogens (tertiary/aromatic N) is 3. The van der Waals surface area contributed by atoms with E-state index in [0.29, 0.717) is 18.5 Å². The molecule has 0 radical (unpaired) electrons. The van der Waals surface area contributed by atoms with Gasteiger partial charge in [-0.2, -0.15) is 13.2 Å². The molecule has 1 saturated heterocycles. The van der Waals surface area contributed by atoms with Gasteiger partial charge in [-0.1, -0.05) is 24.4 Å². The first-order chi connectivity index (χ1) is 12.7. The lowest BCUT2D eigenvalue weighted by Gasteiger charge is -2.49. The van der Waals surface area contributed by atoms with E-state index in [4.69, 9.17) is 17.3 Å². The second kappa shape index (κ2) is 7.43. The Balaban J connectivity index is 2.09. The maximum Gasteiger partial charge on any atom is 0.404 e. The number of rotatable bonds is 4. The Bertz CT molecular complexity index is 708. The van der Waals surface area contributed by atoms with E-state index < -0.39 is 29.6 Å². The lowest BCUT2D eigenvalue weighted by molar-refractivity contribution is -0.214. The zero-order valence-electron chi connectivity index (χ0n) is 15.0. The predicted molar refractivity (Wildman–Crippen MR) is 95.2 cm³/mol. The summed E-state index contributed by atoms with van der Waals surface area (Å²) in [5, 5.41) is 2.97. The second-order valence-electron chi connectivity index (χ2n) is 7.27. The molecule has 6 nitrogen and oxygen atoms in total. The van der Waals surface area contributed by atoms with Crippen LogP contribution >= 0.6 is 11.6 Å². The summed E-state index contributed by atoms with van der Waals surface area (Å²) in [6.07, 6.45) is -1.84. The normalized spacial score (nSPS) is 26.1. The lowest BCUT2D eigenvalue weighted by atomic mass is 9.82. The van der Waals surface area contributed by atoms with Crippen LogP contribution in [0.3, 0.4) is 0 Å². The highest BCUT2D eigenvalue weighted by atomic mass is 35.5. The summed E-state index contributed by atoms with van der Waals surface area (Å²) >= 11 is 6.11. The monoisotopic (exact) mass is 405 g/mol. The Morgan fingerprint density at radius 2 is 2.00 bits per heavy atom. The maximum atomic E-state index is 13.9. The van der Waals surface area contributed by atoms with E-state index in [1.165, 1.54) is 11.0 Å². The molecule has 1 aliphatic heterocycles. The first-order valence-corrected chi connectivity index (χ1v) is 9.41. The molecule has 3 rings (SSSR count). The Hall–Kier alpha value is -1.61. The van der Waals surface area contributed by atoms with Crippen molar-refractivity contribution in [1.82, 2.24) is 14.9 Å². The van der Waals surface area contributed by atoms with Crippen molar-refractivity contribution in [3.8, 4) is 0 Å². The van der Waals surface area contributed by atoms with Crippen molar-refractivity contribution in [2.24, 2.45) is 11.7 Å². The third-order valence-electron chi connectivity index (χ3n) is 5.74. The molecule has 3 N–H and O–H groups in total. The predicted octanol–water partition coefficient (Wildman–Crippen LogP) is 3.07. The molecule has 150 valence electrons. The van der Waals surface area contributed by atoms with Crippen molar-refractivity contribution < 1.29 is 18.0 Å². The Morgan fingerprint density at radius 3 is 2.56 bits per heavy atom. The van der Waals surface area contributed by atoms with Gasteiger partial charge in [-0.25, -0.2) is 9.97 Å². The average molecular weight is 406 g/mol. The second-order valence-corrected chi connectivity index (χ2v) is 7.66. The van der Waals surface area contributed by atoms with Crippen molar-refractivity contribution >= 4 is 23.5 Å². The number of aromatic nitrogens is 2. The summed E-state index contributed by atoms with van der Waals surface area (Å²) in [4.78, 5) is 21.6. The number of carbonyl (C=O) groups is 1. The van der Waals surface area contributed by atoms with Crippen LogP contribution in [0.1, 0.15) is 44.2 Å². The van der Waals surface area contributed by atoms with Crippen LogP contribution in [0.5, 0.6) is 0 Å². The van der Waals surface area contributed by atoms with E-state index in [1.807, 2.05) is 0 Å². The van der Waals surface area contributed by atoms with Crippen molar-refractivity contribution in [3.63, 3.8) is 0 Å². The molecule has 0 bridgehead atoms. The molecule has 2 atom stereocenters. The zero-order valence-corrected chi connectivity index (χ0v) is 15.8. The lowest BCUT2D eigenvalue weighted by Crippen LogP contribution is -2.60. The summed E-state index contributed by atoms with van der Waals surface area (Å²) in [7, 11) is 1.62. The van der Waals surface area contributed by atoms with Gasteiger partial charge in [-0.15, -0.1) is 0 Å². The molecule has 2 aliphatic rings. The number of hydrogen-bond acceptors (Lipinski definition) is 5. The van der Waals surface area contributed by atoms with E-state index in [0.717, 1.165) is 12.8 Å². The number of carbonyl (C=O) groups excluding carboxylic acids is 1. The fourth-order valence-electron chi connectivity index (χ4n) is 4.43. The summed E-state index contributed by atoms with van der Waals surface area (Å²) in [6, 6.07) is -0.104. The smallest absolute Gasteiger partial charge is 0.369 e. The Labute approximate surface area is 160 Å². The van der Waals surface area contributed by atoms with Gasteiger partial charge in [0.1, 0.15) is 11.2 Å². The first kappa shape index (κ1) is 20.1. The number of nitrogens with one attached hydrogen (secondary N) is 1. The molecule has 27 heavy (non-hydrogen) atoms. The van der Waals surface area contributed by atoms with Crippen LogP contribution in [0.15, 0.2) is 6.07 Å². The molecule has 2 heterocycles. The van der Waals surface area contributed by atoms with Crippen LogP contribution in [0.2, 0.25) is 5.15 Å². The SMILES string of the molecule is CNc1nc(Cl)cc(C2(N3CC(C(N)=O)CCC3C(F)(F)F)CCCC2)n1. The fraction of sp³-hybridized carbons (Fsp3) is 0.706. The van der Waals surface area contributed by atoms with Gasteiger partial charge in [-0.05, 0) is 31.7 Å². The number of primary amides is 1. The van der Waals surface area contributed by atoms with E-state index in [1.54, 1.807) is 7.05 Å². The Kier molecular flexibility index (Phi) is 5.54. The molecule has 1 amide bonds. The third-order valence-corrected chi connectivity index (χ3v) is 5.93. The Morgan fingerprint density at radius 1 is 1.33 bits per heavy atom. The molecular weight excluding hydrogens is 383 g/mol. The highest BCUT2D eigenvalue weighted by Gasteiger charge is 2.55. The standard InChI is InChI=1S/C17H23ClF3N5O/c1-23-15-24-11(8-13(18)25-15)16(6-2-3-7-16)26-9-10(14(22)27)4-5-12(26)17(19,20)21/h8,10,12H,2-7,9H2,1H3,(H2,22,27)(H,23,24,25). The molecule has 2 unspecified atom stereocenters. The van der Waals surface area contributed by atoms with Gasteiger partial charge >= 0.3 is 6.18 Å². The number of nitrogens with two attached hydrogens (primary N) is 1. The minimum atomic E-state index is -4.40. The van der Waals surface area contributed by atoms with Crippen molar-refractivity contribution in [3.05, 3.63) is 16.9 Å². The number of alkyl halides is 3. The average Bonchev–Trinajstić information content (AvgIpc) is 3.10. The van der Waals surface area contributed by atoms with Crippen LogP contribution in [-0.2, 0) is 10.3 Å². The molecule has 10 heteroatoms. The molecular formula is C17H23ClF3N5O. The molecule has 1 aromatic rings. The summed E-state index contributed by atoms with van der Waals surface area (Å²) in [5.74, 6) is -0.914. The van der Waals surface area contributed by atoms with Gasteiger partial charge in [0, 0.05) is 13.6 Å². The van der Waals surface area contributed by atoms with Crippen LogP contribution < -0.4 is 11.1 Å². The van der Waals surface area contributed by atoms with Crippen molar-refractivity contribution in [1.29, 1.82) is 0 Å². The molecule has 2 fully saturated rings. The highest BCUT2D eigenvalue weighted by molar-refractivity contribution is 6.29. The number of piperidine rings is 1. The number of hydrogen-bond donors (Lipinski definition) is 2.